The Kier molecular flexibility index (Phi) is 7.88. The van der Waals surface area contributed by atoms with Gasteiger partial charge in [0.2, 0.25) is 5.91 Å². The molecule has 0 radical (unpaired) electrons. The number of rotatable bonds is 5. The standard InChI is InChI=1S/C15H21ClN2OS.ClH/c1-15(6-8-17-9-7-15)11-18-14(19)10-20-13-5-3-2-4-12(13)16;/h2-5,17H,6-11H2,1H3,(H,18,19);1H. The summed E-state index contributed by atoms with van der Waals surface area (Å²) in [6.07, 6.45) is 2.23. The molecular formula is C15H22Cl2N2OS. The Morgan fingerprint density at radius 1 is 1.38 bits per heavy atom. The number of hydrogen-bond acceptors (Lipinski definition) is 3. The molecule has 2 N–H and O–H groups in total. The van der Waals surface area contributed by atoms with Crippen LogP contribution in [0, 0.1) is 5.41 Å². The Bertz CT molecular complexity index is 465. The Morgan fingerprint density at radius 2 is 2.05 bits per heavy atom. The molecule has 0 aliphatic carbocycles. The molecule has 1 aromatic rings. The maximum atomic E-state index is 11.9. The van der Waals surface area contributed by atoms with E-state index < -0.39 is 0 Å². The number of amides is 1. The third-order valence-electron chi connectivity index (χ3n) is 3.72. The van der Waals surface area contributed by atoms with Crippen LogP contribution in [0.5, 0.6) is 0 Å². The van der Waals surface area contributed by atoms with Crippen molar-refractivity contribution in [3.8, 4) is 0 Å². The van der Waals surface area contributed by atoms with Crippen molar-refractivity contribution < 1.29 is 4.79 Å². The number of carbonyl (C=O) groups excluding carboxylic acids is 1. The topological polar surface area (TPSA) is 41.1 Å². The van der Waals surface area contributed by atoms with Crippen LogP contribution in [0.25, 0.3) is 0 Å². The molecule has 0 aromatic heterocycles. The molecule has 3 nitrogen and oxygen atoms in total. The third kappa shape index (κ3) is 6.07. The fraction of sp³-hybridized carbons (Fsp3) is 0.533. The van der Waals surface area contributed by atoms with Crippen molar-refractivity contribution in [3.05, 3.63) is 29.3 Å². The summed E-state index contributed by atoms with van der Waals surface area (Å²) in [5.41, 5.74) is 0.232. The lowest BCUT2D eigenvalue weighted by atomic mass is 9.81. The smallest absolute Gasteiger partial charge is 0.230 e. The Balaban J connectivity index is 0.00000220. The molecule has 0 bridgehead atoms. The molecule has 0 unspecified atom stereocenters. The average Bonchev–Trinajstić information content (AvgIpc) is 2.45. The molecule has 1 heterocycles. The van der Waals surface area contributed by atoms with Gasteiger partial charge in [-0.1, -0.05) is 30.7 Å². The largest absolute Gasteiger partial charge is 0.355 e. The number of hydrogen-bond donors (Lipinski definition) is 2. The van der Waals surface area contributed by atoms with Gasteiger partial charge in [0.05, 0.1) is 10.8 Å². The monoisotopic (exact) mass is 348 g/mol. The van der Waals surface area contributed by atoms with E-state index in [4.69, 9.17) is 11.6 Å². The van der Waals surface area contributed by atoms with Crippen LogP contribution in [-0.2, 0) is 4.79 Å². The van der Waals surface area contributed by atoms with E-state index in [1.807, 2.05) is 24.3 Å². The molecule has 1 amide bonds. The number of nitrogens with one attached hydrogen (secondary N) is 2. The van der Waals surface area contributed by atoms with Gasteiger partial charge in [0, 0.05) is 11.4 Å². The first-order chi connectivity index (χ1) is 9.59. The third-order valence-corrected chi connectivity index (χ3v) is 5.23. The lowest BCUT2D eigenvalue weighted by Crippen LogP contribution is -2.43. The molecular weight excluding hydrogens is 327 g/mol. The highest BCUT2D eigenvalue weighted by molar-refractivity contribution is 8.00. The summed E-state index contributed by atoms with van der Waals surface area (Å²) in [4.78, 5) is 12.9. The molecule has 1 fully saturated rings. The van der Waals surface area contributed by atoms with Gasteiger partial charge in [-0.3, -0.25) is 4.79 Å². The van der Waals surface area contributed by atoms with Crippen molar-refractivity contribution in [2.24, 2.45) is 5.41 Å². The number of piperidine rings is 1. The second-order valence-corrected chi connectivity index (χ2v) is 6.98. The minimum atomic E-state index is 0. The highest BCUT2D eigenvalue weighted by Gasteiger charge is 2.26. The maximum Gasteiger partial charge on any atom is 0.230 e. The fourth-order valence-electron chi connectivity index (χ4n) is 2.28. The summed E-state index contributed by atoms with van der Waals surface area (Å²) in [6.45, 7) is 5.09. The number of halogens is 2. The van der Waals surface area contributed by atoms with E-state index in [1.54, 1.807) is 0 Å². The van der Waals surface area contributed by atoms with Gasteiger partial charge in [-0.05, 0) is 43.5 Å². The van der Waals surface area contributed by atoms with E-state index in [1.165, 1.54) is 11.8 Å². The first-order valence-electron chi connectivity index (χ1n) is 6.94. The normalized spacial score (nSPS) is 16.9. The Labute approximate surface area is 142 Å². The molecule has 0 atom stereocenters. The van der Waals surface area contributed by atoms with E-state index in [2.05, 4.69) is 17.6 Å². The average molecular weight is 349 g/mol. The van der Waals surface area contributed by atoms with E-state index in [-0.39, 0.29) is 23.7 Å². The quantitative estimate of drug-likeness (QED) is 0.801. The van der Waals surface area contributed by atoms with Crippen LogP contribution >= 0.6 is 35.8 Å². The summed E-state index contributed by atoms with van der Waals surface area (Å²) < 4.78 is 0. The molecule has 6 heteroatoms. The fourth-order valence-corrected chi connectivity index (χ4v) is 3.34. The molecule has 1 aliphatic heterocycles. The zero-order valence-corrected chi connectivity index (χ0v) is 14.5. The van der Waals surface area contributed by atoms with Crippen molar-refractivity contribution in [2.45, 2.75) is 24.7 Å². The summed E-state index contributed by atoms with van der Waals surface area (Å²) in [6, 6.07) is 7.61. The van der Waals surface area contributed by atoms with Gasteiger partial charge in [0.15, 0.2) is 0 Å². The van der Waals surface area contributed by atoms with Crippen LogP contribution in [0.3, 0.4) is 0 Å². The molecule has 1 saturated heterocycles. The van der Waals surface area contributed by atoms with Gasteiger partial charge in [-0.15, -0.1) is 24.2 Å². The van der Waals surface area contributed by atoms with Crippen molar-refractivity contribution in [3.63, 3.8) is 0 Å². The minimum absolute atomic E-state index is 0. The molecule has 0 spiro atoms. The lowest BCUT2D eigenvalue weighted by Gasteiger charge is -2.34. The van der Waals surface area contributed by atoms with Crippen LogP contribution in [0.4, 0.5) is 0 Å². The van der Waals surface area contributed by atoms with E-state index >= 15 is 0 Å². The van der Waals surface area contributed by atoms with Crippen LogP contribution in [0.15, 0.2) is 29.2 Å². The van der Waals surface area contributed by atoms with Gasteiger partial charge in [0.25, 0.3) is 0 Å². The molecule has 118 valence electrons. The summed E-state index contributed by atoms with van der Waals surface area (Å²) in [7, 11) is 0. The molecule has 2 rings (SSSR count). The van der Waals surface area contributed by atoms with Crippen LogP contribution in [-0.4, -0.2) is 31.3 Å². The van der Waals surface area contributed by atoms with Crippen LogP contribution in [0.2, 0.25) is 5.02 Å². The molecule has 0 saturated carbocycles. The van der Waals surface area contributed by atoms with Crippen molar-refractivity contribution in [1.29, 1.82) is 0 Å². The predicted octanol–water partition coefficient (Wildman–Crippen LogP) is 3.36. The second kappa shape index (κ2) is 8.89. The highest BCUT2D eigenvalue weighted by Crippen LogP contribution is 2.28. The van der Waals surface area contributed by atoms with Gasteiger partial charge >= 0.3 is 0 Å². The van der Waals surface area contributed by atoms with Crippen LogP contribution < -0.4 is 10.6 Å². The Morgan fingerprint density at radius 3 is 2.71 bits per heavy atom. The number of benzene rings is 1. The van der Waals surface area contributed by atoms with Gasteiger partial charge in [-0.25, -0.2) is 0 Å². The summed E-state index contributed by atoms with van der Waals surface area (Å²) in [5.74, 6) is 0.493. The summed E-state index contributed by atoms with van der Waals surface area (Å²) >= 11 is 7.55. The van der Waals surface area contributed by atoms with Crippen LogP contribution in [0.1, 0.15) is 19.8 Å². The number of thioether (sulfide) groups is 1. The minimum Gasteiger partial charge on any atom is -0.355 e. The van der Waals surface area contributed by atoms with Crippen molar-refractivity contribution in [2.75, 3.05) is 25.4 Å². The molecule has 21 heavy (non-hydrogen) atoms. The predicted molar refractivity (Wildman–Crippen MR) is 92.6 cm³/mol. The van der Waals surface area contributed by atoms with E-state index in [0.29, 0.717) is 10.8 Å². The molecule has 1 aliphatic rings. The molecule has 1 aromatic carbocycles. The highest BCUT2D eigenvalue weighted by atomic mass is 35.5. The first kappa shape index (κ1) is 18.6. The summed E-state index contributed by atoms with van der Waals surface area (Å²) in [5, 5.41) is 7.11. The maximum absolute atomic E-state index is 11.9. The van der Waals surface area contributed by atoms with Crippen molar-refractivity contribution in [1.82, 2.24) is 10.6 Å². The zero-order valence-electron chi connectivity index (χ0n) is 12.2. The van der Waals surface area contributed by atoms with Gasteiger partial charge in [-0.2, -0.15) is 0 Å². The second-order valence-electron chi connectivity index (χ2n) is 5.56. The zero-order chi connectivity index (χ0) is 14.4. The van der Waals surface area contributed by atoms with Gasteiger partial charge < -0.3 is 10.6 Å². The lowest BCUT2D eigenvalue weighted by molar-refractivity contribution is -0.119. The van der Waals surface area contributed by atoms with E-state index in [0.717, 1.165) is 37.4 Å². The number of carbonyl (C=O) groups is 1. The van der Waals surface area contributed by atoms with Gasteiger partial charge in [0.1, 0.15) is 0 Å². The SMILES string of the molecule is CC1(CNC(=O)CSc2ccccc2Cl)CCNCC1.Cl. The van der Waals surface area contributed by atoms with E-state index in [9.17, 15) is 4.79 Å². The first-order valence-corrected chi connectivity index (χ1v) is 8.30. The Hall–Kier alpha value is -0.420. The van der Waals surface area contributed by atoms with Crippen molar-refractivity contribution >= 4 is 41.7 Å².